The highest BCUT2D eigenvalue weighted by Crippen LogP contribution is 2.21. The second-order valence-corrected chi connectivity index (χ2v) is 7.52. The van der Waals surface area contributed by atoms with E-state index in [-0.39, 0.29) is 18.5 Å². The number of amides is 2. The van der Waals surface area contributed by atoms with Crippen molar-refractivity contribution in [2.75, 3.05) is 18.8 Å². The van der Waals surface area contributed by atoms with Gasteiger partial charge in [-0.1, -0.05) is 37.3 Å². The van der Waals surface area contributed by atoms with Gasteiger partial charge in [-0.15, -0.1) is 0 Å². The molecular weight excluding hydrogens is 324 g/mol. The molecule has 2 rings (SSSR count). The molecule has 0 spiro atoms. The molecular formula is C18H26N2O3S. The van der Waals surface area contributed by atoms with Crippen LogP contribution in [-0.4, -0.2) is 52.1 Å². The summed E-state index contributed by atoms with van der Waals surface area (Å²) in [5.74, 6) is 0.132. The van der Waals surface area contributed by atoms with Crippen LogP contribution >= 0.6 is 11.8 Å². The van der Waals surface area contributed by atoms with Gasteiger partial charge in [0.05, 0.1) is 0 Å². The predicted octanol–water partition coefficient (Wildman–Crippen LogP) is 3.00. The van der Waals surface area contributed by atoms with Crippen molar-refractivity contribution < 1.29 is 14.7 Å². The molecule has 132 valence electrons. The monoisotopic (exact) mass is 350 g/mol. The number of carbonyl (C=O) groups excluding carboxylic acids is 1. The Morgan fingerprint density at radius 3 is 2.79 bits per heavy atom. The van der Waals surface area contributed by atoms with E-state index in [1.54, 1.807) is 0 Å². The maximum absolute atomic E-state index is 12.6. The Bertz CT molecular complexity index is 538. The summed E-state index contributed by atoms with van der Waals surface area (Å²) in [6, 6.07) is 9.64. The highest BCUT2D eigenvalue weighted by atomic mass is 32.2. The fraction of sp³-hybridized carbons (Fsp3) is 0.556. The fourth-order valence-electron chi connectivity index (χ4n) is 2.84. The molecule has 2 unspecified atom stereocenters. The van der Waals surface area contributed by atoms with Crippen molar-refractivity contribution in [1.29, 1.82) is 0 Å². The smallest absolute Gasteiger partial charge is 0.317 e. The second-order valence-electron chi connectivity index (χ2n) is 6.12. The molecule has 0 aromatic heterocycles. The van der Waals surface area contributed by atoms with E-state index < -0.39 is 5.97 Å². The molecule has 2 N–H and O–H groups in total. The summed E-state index contributed by atoms with van der Waals surface area (Å²) in [7, 11) is 0. The lowest BCUT2D eigenvalue weighted by atomic mass is 10.0. The van der Waals surface area contributed by atoms with Crippen LogP contribution in [0.4, 0.5) is 4.79 Å². The molecule has 0 bridgehead atoms. The van der Waals surface area contributed by atoms with Gasteiger partial charge in [0, 0.05) is 36.6 Å². The first-order valence-electron chi connectivity index (χ1n) is 8.51. The summed E-state index contributed by atoms with van der Waals surface area (Å²) in [6.07, 6.45) is 2.21. The Balaban J connectivity index is 1.95. The lowest BCUT2D eigenvalue weighted by Crippen LogP contribution is -2.50. The van der Waals surface area contributed by atoms with E-state index in [4.69, 9.17) is 5.11 Å². The highest BCUT2D eigenvalue weighted by Gasteiger charge is 2.24. The Kier molecular flexibility index (Phi) is 7.43. The average molecular weight is 350 g/mol. The summed E-state index contributed by atoms with van der Waals surface area (Å²) < 4.78 is 0. The predicted molar refractivity (Wildman–Crippen MR) is 97.4 cm³/mol. The Morgan fingerprint density at radius 1 is 1.38 bits per heavy atom. The number of nitrogens with one attached hydrogen (secondary N) is 1. The molecule has 1 aliphatic heterocycles. The SMILES string of the molecule is CCC1CN(C(=O)NC(CCC(=O)O)Cc2ccccc2)CCS1. The van der Waals surface area contributed by atoms with Gasteiger partial charge in [-0.25, -0.2) is 4.79 Å². The first-order chi connectivity index (χ1) is 11.6. The normalized spacial score (nSPS) is 18.9. The number of hydrogen-bond acceptors (Lipinski definition) is 3. The van der Waals surface area contributed by atoms with Crippen LogP contribution in [0.25, 0.3) is 0 Å². The number of aliphatic carboxylic acids is 1. The quantitative estimate of drug-likeness (QED) is 0.793. The minimum Gasteiger partial charge on any atom is -0.481 e. The largest absolute Gasteiger partial charge is 0.481 e. The number of urea groups is 1. The number of carboxylic acid groups (broad SMARTS) is 1. The van der Waals surface area contributed by atoms with Crippen molar-refractivity contribution >= 4 is 23.8 Å². The third kappa shape index (κ3) is 6.07. The van der Waals surface area contributed by atoms with E-state index in [2.05, 4.69) is 12.2 Å². The molecule has 1 aromatic rings. The number of hydrogen-bond donors (Lipinski definition) is 2. The third-order valence-corrected chi connectivity index (χ3v) is 5.61. The topological polar surface area (TPSA) is 69.6 Å². The number of benzene rings is 1. The van der Waals surface area contributed by atoms with Gasteiger partial charge in [0.15, 0.2) is 0 Å². The summed E-state index contributed by atoms with van der Waals surface area (Å²) in [6.45, 7) is 3.66. The van der Waals surface area contributed by atoms with Crippen LogP contribution in [0.15, 0.2) is 30.3 Å². The molecule has 1 heterocycles. The van der Waals surface area contributed by atoms with Gasteiger partial charge in [0.2, 0.25) is 0 Å². The van der Waals surface area contributed by atoms with E-state index in [1.807, 2.05) is 47.0 Å². The number of carboxylic acids is 1. The van der Waals surface area contributed by atoms with Crippen molar-refractivity contribution in [2.24, 2.45) is 0 Å². The van der Waals surface area contributed by atoms with Crippen LogP contribution in [0, 0.1) is 0 Å². The Morgan fingerprint density at radius 2 is 2.12 bits per heavy atom. The number of carbonyl (C=O) groups is 2. The molecule has 1 saturated heterocycles. The fourth-order valence-corrected chi connectivity index (χ4v) is 4.02. The summed E-state index contributed by atoms with van der Waals surface area (Å²) in [5, 5.41) is 12.5. The lowest BCUT2D eigenvalue weighted by molar-refractivity contribution is -0.137. The van der Waals surface area contributed by atoms with Crippen molar-refractivity contribution in [3.8, 4) is 0 Å². The van der Waals surface area contributed by atoms with Crippen molar-refractivity contribution in [3.05, 3.63) is 35.9 Å². The molecule has 1 fully saturated rings. The maximum atomic E-state index is 12.6. The molecule has 0 aliphatic carbocycles. The van der Waals surface area contributed by atoms with Gasteiger partial charge in [-0.3, -0.25) is 4.79 Å². The van der Waals surface area contributed by atoms with E-state index in [0.29, 0.717) is 18.1 Å². The summed E-state index contributed by atoms with van der Waals surface area (Å²) >= 11 is 1.92. The van der Waals surface area contributed by atoms with Crippen LogP contribution in [0.5, 0.6) is 0 Å². The molecule has 24 heavy (non-hydrogen) atoms. The molecule has 0 saturated carbocycles. The van der Waals surface area contributed by atoms with Crippen LogP contribution in [0.2, 0.25) is 0 Å². The lowest BCUT2D eigenvalue weighted by Gasteiger charge is -2.33. The van der Waals surface area contributed by atoms with Crippen LogP contribution < -0.4 is 5.32 Å². The third-order valence-electron chi connectivity index (χ3n) is 4.24. The van der Waals surface area contributed by atoms with E-state index >= 15 is 0 Å². The Hall–Kier alpha value is -1.69. The van der Waals surface area contributed by atoms with Gasteiger partial charge >= 0.3 is 12.0 Å². The number of thioether (sulfide) groups is 1. The minimum absolute atomic E-state index is 0.0607. The molecule has 2 atom stereocenters. The average Bonchev–Trinajstić information content (AvgIpc) is 2.60. The van der Waals surface area contributed by atoms with Gasteiger partial charge in [0.1, 0.15) is 0 Å². The zero-order valence-electron chi connectivity index (χ0n) is 14.1. The molecule has 2 amide bonds. The van der Waals surface area contributed by atoms with Crippen molar-refractivity contribution in [3.63, 3.8) is 0 Å². The number of rotatable bonds is 7. The highest BCUT2D eigenvalue weighted by molar-refractivity contribution is 8.00. The zero-order chi connectivity index (χ0) is 17.4. The summed E-state index contributed by atoms with van der Waals surface area (Å²) in [4.78, 5) is 25.3. The Labute approximate surface area is 147 Å². The molecule has 1 aromatic carbocycles. The van der Waals surface area contributed by atoms with Gasteiger partial charge < -0.3 is 15.3 Å². The van der Waals surface area contributed by atoms with Crippen LogP contribution in [0.1, 0.15) is 31.7 Å². The minimum atomic E-state index is -0.831. The van der Waals surface area contributed by atoms with Gasteiger partial charge in [-0.2, -0.15) is 11.8 Å². The molecule has 1 aliphatic rings. The van der Waals surface area contributed by atoms with Gasteiger partial charge in [0.25, 0.3) is 0 Å². The van der Waals surface area contributed by atoms with E-state index in [1.165, 1.54) is 0 Å². The first-order valence-corrected chi connectivity index (χ1v) is 9.56. The van der Waals surface area contributed by atoms with Gasteiger partial charge in [-0.05, 0) is 24.8 Å². The zero-order valence-corrected chi connectivity index (χ0v) is 14.9. The second kappa shape index (κ2) is 9.57. The van der Waals surface area contributed by atoms with Crippen LogP contribution in [-0.2, 0) is 11.2 Å². The van der Waals surface area contributed by atoms with Crippen LogP contribution in [0.3, 0.4) is 0 Å². The molecule has 6 heteroatoms. The first kappa shape index (κ1) is 18.6. The summed E-state index contributed by atoms with van der Waals surface area (Å²) in [5.41, 5.74) is 1.11. The molecule has 5 nitrogen and oxygen atoms in total. The van der Waals surface area contributed by atoms with E-state index in [9.17, 15) is 9.59 Å². The number of nitrogens with zero attached hydrogens (tertiary/aromatic N) is 1. The van der Waals surface area contributed by atoms with Crippen molar-refractivity contribution in [1.82, 2.24) is 10.2 Å². The molecule has 0 radical (unpaired) electrons. The van der Waals surface area contributed by atoms with Crippen molar-refractivity contribution in [2.45, 2.75) is 43.9 Å². The standard InChI is InChI=1S/C18H26N2O3S/c1-2-16-13-20(10-11-24-16)18(23)19-15(8-9-17(21)22)12-14-6-4-3-5-7-14/h3-7,15-16H,2,8-13H2,1H3,(H,19,23)(H,21,22). The maximum Gasteiger partial charge on any atom is 0.317 e. The van der Waals surface area contributed by atoms with E-state index in [0.717, 1.165) is 30.8 Å².